The van der Waals surface area contributed by atoms with Gasteiger partial charge in [-0.3, -0.25) is 0 Å². The molecule has 2 aromatic rings. The summed E-state index contributed by atoms with van der Waals surface area (Å²) in [6.07, 6.45) is -0.517. The van der Waals surface area contributed by atoms with E-state index in [1.165, 1.54) is 10.8 Å². The summed E-state index contributed by atoms with van der Waals surface area (Å²) in [4.78, 5) is 0. The first kappa shape index (κ1) is 9.03. The molecule has 0 aliphatic rings. The second-order valence-corrected chi connectivity index (χ2v) is 3.38. The predicted octanol–water partition coefficient (Wildman–Crippen LogP) is 2.59. The maximum absolute atomic E-state index is 9.17. The molecule has 0 radical (unpaired) electrons. The topological polar surface area (TPSA) is 32.3 Å². The van der Waals surface area contributed by atoms with E-state index >= 15 is 0 Å². The zero-order valence-electron chi connectivity index (χ0n) is 8.07. The molecular weight excluding hydrogens is 174 g/mol. The number of fused-ring (bicyclic) bond motifs is 1. The lowest BCUT2D eigenvalue weighted by Gasteiger charge is -2.09. The van der Waals surface area contributed by atoms with Crippen LogP contribution in [0.5, 0.6) is 0 Å². The Morgan fingerprint density at radius 2 is 1.79 bits per heavy atom. The zero-order chi connectivity index (χ0) is 9.97. The standard InChI is InChI=1S/C12H13NO/c1-9(14)13-12-7-6-10-4-2-3-5-11(10)8-12/h2-9,13-14H,1H3. The average Bonchev–Trinajstić information content (AvgIpc) is 2.17. The van der Waals surface area contributed by atoms with E-state index < -0.39 is 6.23 Å². The van der Waals surface area contributed by atoms with Gasteiger partial charge in [-0.05, 0) is 29.8 Å². The zero-order valence-corrected chi connectivity index (χ0v) is 8.07. The van der Waals surface area contributed by atoms with Crippen LogP contribution in [0.4, 0.5) is 5.69 Å². The monoisotopic (exact) mass is 187 g/mol. The molecule has 2 heteroatoms. The van der Waals surface area contributed by atoms with Crippen molar-refractivity contribution in [2.24, 2.45) is 0 Å². The van der Waals surface area contributed by atoms with Crippen LogP contribution in [0.3, 0.4) is 0 Å². The smallest absolute Gasteiger partial charge is 0.121 e. The van der Waals surface area contributed by atoms with Crippen molar-refractivity contribution >= 4 is 16.5 Å². The van der Waals surface area contributed by atoms with Crippen molar-refractivity contribution in [3.05, 3.63) is 42.5 Å². The SMILES string of the molecule is CC(O)Nc1ccc2ccccc2c1. The summed E-state index contributed by atoms with van der Waals surface area (Å²) in [6, 6.07) is 14.2. The van der Waals surface area contributed by atoms with Gasteiger partial charge < -0.3 is 10.4 Å². The molecule has 0 saturated carbocycles. The van der Waals surface area contributed by atoms with Gasteiger partial charge in [0.1, 0.15) is 6.23 Å². The lowest BCUT2D eigenvalue weighted by molar-refractivity contribution is 0.224. The second-order valence-electron chi connectivity index (χ2n) is 3.38. The van der Waals surface area contributed by atoms with Crippen molar-refractivity contribution in [2.45, 2.75) is 13.2 Å². The second kappa shape index (κ2) is 3.68. The summed E-state index contributed by atoms with van der Waals surface area (Å²) in [5.41, 5.74) is 0.943. The maximum Gasteiger partial charge on any atom is 0.121 e. The minimum atomic E-state index is -0.517. The molecule has 0 spiro atoms. The van der Waals surface area contributed by atoms with Gasteiger partial charge in [-0.2, -0.15) is 0 Å². The summed E-state index contributed by atoms with van der Waals surface area (Å²) in [7, 11) is 0. The molecule has 0 aromatic heterocycles. The molecule has 0 heterocycles. The minimum Gasteiger partial charge on any atom is -0.374 e. The molecule has 2 aromatic carbocycles. The Hall–Kier alpha value is -1.54. The molecule has 1 unspecified atom stereocenters. The molecule has 0 aliphatic carbocycles. The number of rotatable bonds is 2. The third-order valence-electron chi connectivity index (χ3n) is 2.13. The van der Waals surface area contributed by atoms with Crippen LogP contribution in [0.1, 0.15) is 6.92 Å². The van der Waals surface area contributed by atoms with Gasteiger partial charge >= 0.3 is 0 Å². The Morgan fingerprint density at radius 3 is 2.50 bits per heavy atom. The average molecular weight is 187 g/mol. The number of hydrogen-bond acceptors (Lipinski definition) is 2. The Balaban J connectivity index is 2.41. The first-order valence-corrected chi connectivity index (χ1v) is 4.69. The molecule has 0 aliphatic heterocycles. The predicted molar refractivity (Wildman–Crippen MR) is 59.3 cm³/mol. The molecule has 2 rings (SSSR count). The number of nitrogens with one attached hydrogen (secondary N) is 1. The van der Waals surface area contributed by atoms with Crippen LogP contribution < -0.4 is 5.32 Å². The summed E-state index contributed by atoms with van der Waals surface area (Å²) in [5, 5.41) is 14.5. The largest absolute Gasteiger partial charge is 0.374 e. The normalized spacial score (nSPS) is 12.7. The summed E-state index contributed by atoms with van der Waals surface area (Å²) in [6.45, 7) is 1.70. The molecule has 0 amide bonds. The highest BCUT2D eigenvalue weighted by molar-refractivity contribution is 5.85. The third-order valence-corrected chi connectivity index (χ3v) is 2.13. The number of aliphatic hydroxyl groups is 1. The first-order valence-electron chi connectivity index (χ1n) is 4.69. The quantitative estimate of drug-likeness (QED) is 0.708. The van der Waals surface area contributed by atoms with Crippen LogP contribution in [0.15, 0.2) is 42.5 Å². The van der Waals surface area contributed by atoms with E-state index in [1.54, 1.807) is 6.92 Å². The van der Waals surface area contributed by atoms with E-state index in [1.807, 2.05) is 30.3 Å². The van der Waals surface area contributed by atoms with E-state index in [0.29, 0.717) is 0 Å². The molecule has 72 valence electrons. The minimum absolute atomic E-state index is 0.517. The van der Waals surface area contributed by atoms with Gasteiger partial charge in [-0.1, -0.05) is 30.3 Å². The highest BCUT2D eigenvalue weighted by Gasteiger charge is 1.97. The highest BCUT2D eigenvalue weighted by atomic mass is 16.3. The van der Waals surface area contributed by atoms with Crippen LogP contribution in [0.25, 0.3) is 10.8 Å². The summed E-state index contributed by atoms with van der Waals surface area (Å²) >= 11 is 0. The van der Waals surface area contributed by atoms with Crippen molar-refractivity contribution in [3.8, 4) is 0 Å². The van der Waals surface area contributed by atoms with Gasteiger partial charge in [0.2, 0.25) is 0 Å². The Bertz CT molecular complexity index is 437. The first-order chi connectivity index (χ1) is 6.75. The van der Waals surface area contributed by atoms with E-state index in [-0.39, 0.29) is 0 Å². The van der Waals surface area contributed by atoms with Crippen molar-refractivity contribution in [2.75, 3.05) is 5.32 Å². The maximum atomic E-state index is 9.17. The van der Waals surface area contributed by atoms with Crippen LogP contribution in [-0.2, 0) is 0 Å². The molecule has 0 bridgehead atoms. The molecule has 1 atom stereocenters. The van der Waals surface area contributed by atoms with Gasteiger partial charge in [0.15, 0.2) is 0 Å². The van der Waals surface area contributed by atoms with Crippen LogP contribution in [0.2, 0.25) is 0 Å². The summed E-state index contributed by atoms with van der Waals surface area (Å²) < 4.78 is 0. The molecule has 0 fully saturated rings. The van der Waals surface area contributed by atoms with Gasteiger partial charge in [0.05, 0.1) is 0 Å². The number of benzene rings is 2. The van der Waals surface area contributed by atoms with Crippen LogP contribution in [0, 0.1) is 0 Å². The molecule has 2 N–H and O–H groups in total. The lowest BCUT2D eigenvalue weighted by Crippen LogP contribution is -2.12. The van der Waals surface area contributed by atoms with Gasteiger partial charge in [-0.15, -0.1) is 0 Å². The number of anilines is 1. The fourth-order valence-corrected chi connectivity index (χ4v) is 1.52. The fourth-order valence-electron chi connectivity index (χ4n) is 1.52. The van der Waals surface area contributed by atoms with Crippen LogP contribution >= 0.6 is 0 Å². The number of aliphatic hydroxyl groups excluding tert-OH is 1. The molecule has 2 nitrogen and oxygen atoms in total. The third kappa shape index (κ3) is 1.86. The van der Waals surface area contributed by atoms with Crippen molar-refractivity contribution in [1.29, 1.82) is 0 Å². The molecule has 14 heavy (non-hydrogen) atoms. The van der Waals surface area contributed by atoms with Gasteiger partial charge in [0.25, 0.3) is 0 Å². The Labute approximate surface area is 83.2 Å². The van der Waals surface area contributed by atoms with Gasteiger partial charge in [-0.25, -0.2) is 0 Å². The molecular formula is C12H13NO. The lowest BCUT2D eigenvalue weighted by atomic mass is 10.1. The number of hydrogen-bond donors (Lipinski definition) is 2. The Morgan fingerprint density at radius 1 is 1.07 bits per heavy atom. The van der Waals surface area contributed by atoms with E-state index in [2.05, 4.69) is 17.4 Å². The van der Waals surface area contributed by atoms with E-state index in [9.17, 15) is 0 Å². The van der Waals surface area contributed by atoms with E-state index in [0.717, 1.165) is 5.69 Å². The fraction of sp³-hybridized carbons (Fsp3) is 0.167. The van der Waals surface area contributed by atoms with Crippen molar-refractivity contribution in [1.82, 2.24) is 0 Å². The van der Waals surface area contributed by atoms with Crippen molar-refractivity contribution in [3.63, 3.8) is 0 Å². The van der Waals surface area contributed by atoms with Gasteiger partial charge in [0, 0.05) is 5.69 Å². The Kier molecular flexibility index (Phi) is 2.37. The molecule has 0 saturated heterocycles. The summed E-state index contributed by atoms with van der Waals surface area (Å²) in [5.74, 6) is 0. The van der Waals surface area contributed by atoms with E-state index in [4.69, 9.17) is 5.11 Å². The van der Waals surface area contributed by atoms with Crippen LogP contribution in [-0.4, -0.2) is 11.3 Å². The highest BCUT2D eigenvalue weighted by Crippen LogP contribution is 2.18. The van der Waals surface area contributed by atoms with Crippen molar-refractivity contribution < 1.29 is 5.11 Å².